The molecular formula is C18H25ClNNaO4S. The van der Waals surface area contributed by atoms with Gasteiger partial charge in [0.1, 0.15) is 0 Å². The van der Waals surface area contributed by atoms with Crippen molar-refractivity contribution in [2.24, 2.45) is 0 Å². The van der Waals surface area contributed by atoms with E-state index in [1.807, 2.05) is 12.2 Å². The number of carboxylic acids is 1. The Hall–Kier alpha value is -0.370. The minimum atomic E-state index is -3.59. The summed E-state index contributed by atoms with van der Waals surface area (Å²) < 4.78 is 28.3. The third kappa shape index (κ3) is 7.33. The maximum atomic E-state index is 12.7. The average Bonchev–Trinajstić information content (AvgIpc) is 2.99. The fourth-order valence-electron chi connectivity index (χ4n) is 3.21. The molecule has 8 heteroatoms. The Bertz CT molecular complexity index is 713. The van der Waals surface area contributed by atoms with Gasteiger partial charge in [0.05, 0.1) is 4.90 Å². The van der Waals surface area contributed by atoms with E-state index in [9.17, 15) is 13.2 Å². The summed E-state index contributed by atoms with van der Waals surface area (Å²) in [7, 11) is -3.59. The van der Waals surface area contributed by atoms with Crippen LogP contribution in [0.25, 0.3) is 0 Å². The van der Waals surface area contributed by atoms with Crippen LogP contribution in [0.15, 0.2) is 41.3 Å². The Labute approximate surface area is 182 Å². The van der Waals surface area contributed by atoms with Gasteiger partial charge in [0.25, 0.3) is 0 Å². The van der Waals surface area contributed by atoms with Crippen molar-refractivity contribution >= 4 is 57.2 Å². The SMILES string of the molecule is O=C(O)CC/C=C\CCC1(NS(=O)(=O)c2ccc(Cl)cc2)CCCC1.[NaH]. The van der Waals surface area contributed by atoms with E-state index in [1.54, 1.807) is 12.1 Å². The quantitative estimate of drug-likeness (QED) is 0.483. The van der Waals surface area contributed by atoms with E-state index in [0.29, 0.717) is 17.9 Å². The van der Waals surface area contributed by atoms with Gasteiger partial charge >= 0.3 is 35.5 Å². The van der Waals surface area contributed by atoms with Crippen LogP contribution in [-0.2, 0) is 14.8 Å². The number of aliphatic carboxylic acids is 1. The van der Waals surface area contributed by atoms with E-state index >= 15 is 0 Å². The van der Waals surface area contributed by atoms with Gasteiger partial charge < -0.3 is 5.11 Å². The van der Waals surface area contributed by atoms with E-state index in [2.05, 4.69) is 4.72 Å². The van der Waals surface area contributed by atoms with Gasteiger partial charge in [-0.25, -0.2) is 13.1 Å². The maximum absolute atomic E-state index is 12.7. The molecule has 0 aliphatic heterocycles. The molecule has 0 radical (unpaired) electrons. The molecule has 1 fully saturated rings. The molecule has 0 unspecified atom stereocenters. The first kappa shape index (κ1) is 23.7. The Kier molecular flexibility index (Phi) is 9.86. The number of hydrogen-bond donors (Lipinski definition) is 2. The predicted octanol–water partition coefficient (Wildman–Crippen LogP) is 3.48. The number of hydrogen-bond acceptors (Lipinski definition) is 3. The standard InChI is InChI=1S/C18H24ClNO4S.Na.H/c19-15-8-10-16(11-9-15)25(23,24)20-18(13-5-6-14-18)12-4-2-1-3-7-17(21)22;;/h1-2,8-11,20H,3-7,12-14H2,(H,21,22);;/b2-1-;;. The van der Waals surface area contributed by atoms with E-state index in [0.717, 1.165) is 32.1 Å². The van der Waals surface area contributed by atoms with Crippen molar-refractivity contribution in [3.8, 4) is 0 Å². The molecule has 5 nitrogen and oxygen atoms in total. The van der Waals surface area contributed by atoms with Crippen LogP contribution in [-0.4, -0.2) is 54.6 Å². The van der Waals surface area contributed by atoms with Gasteiger partial charge in [0, 0.05) is 17.0 Å². The summed E-state index contributed by atoms with van der Waals surface area (Å²) in [5, 5.41) is 9.12. The zero-order chi connectivity index (χ0) is 18.3. The van der Waals surface area contributed by atoms with Crippen LogP contribution in [0.4, 0.5) is 0 Å². The number of carbonyl (C=O) groups is 1. The first-order chi connectivity index (χ1) is 11.8. The predicted molar refractivity (Wildman–Crippen MR) is 105 cm³/mol. The van der Waals surface area contributed by atoms with Gasteiger partial charge in [0.2, 0.25) is 10.0 Å². The Morgan fingerprint density at radius 2 is 1.73 bits per heavy atom. The molecule has 0 bridgehead atoms. The molecule has 1 aromatic rings. The number of rotatable bonds is 9. The van der Waals surface area contributed by atoms with Crippen molar-refractivity contribution < 1.29 is 18.3 Å². The fraction of sp³-hybridized carbons (Fsp3) is 0.500. The zero-order valence-corrected chi connectivity index (χ0v) is 15.7. The summed E-state index contributed by atoms with van der Waals surface area (Å²) in [5.74, 6) is -0.812. The summed E-state index contributed by atoms with van der Waals surface area (Å²) in [4.78, 5) is 10.7. The van der Waals surface area contributed by atoms with Gasteiger partial charge in [-0.2, -0.15) is 0 Å². The zero-order valence-electron chi connectivity index (χ0n) is 14.1. The summed E-state index contributed by atoms with van der Waals surface area (Å²) >= 11 is 5.83. The molecule has 1 aliphatic rings. The molecular weight excluding hydrogens is 385 g/mol. The molecule has 2 rings (SSSR count). The average molecular weight is 410 g/mol. The molecule has 0 spiro atoms. The third-order valence-corrected chi connectivity index (χ3v) is 6.36. The second kappa shape index (κ2) is 10.8. The number of halogens is 1. The van der Waals surface area contributed by atoms with Crippen LogP contribution < -0.4 is 4.72 Å². The summed E-state index contributed by atoms with van der Waals surface area (Å²) in [6, 6.07) is 6.17. The number of benzene rings is 1. The van der Waals surface area contributed by atoms with Crippen molar-refractivity contribution in [2.75, 3.05) is 0 Å². The van der Waals surface area contributed by atoms with Crippen LogP contribution in [0.2, 0.25) is 5.02 Å². The fourth-order valence-corrected chi connectivity index (χ4v) is 4.83. The first-order valence-corrected chi connectivity index (χ1v) is 10.4. The molecule has 140 valence electrons. The van der Waals surface area contributed by atoms with Gasteiger partial charge in [0.15, 0.2) is 0 Å². The Balaban J connectivity index is 0.00000338. The summed E-state index contributed by atoms with van der Waals surface area (Å²) in [5.41, 5.74) is -0.421. The van der Waals surface area contributed by atoms with Crippen LogP contribution in [0, 0.1) is 0 Å². The number of sulfonamides is 1. The topological polar surface area (TPSA) is 83.5 Å². The minimum absolute atomic E-state index is 0. The molecule has 1 aromatic carbocycles. The van der Waals surface area contributed by atoms with Crippen LogP contribution in [0.1, 0.15) is 51.4 Å². The molecule has 0 aromatic heterocycles. The molecule has 0 amide bonds. The van der Waals surface area contributed by atoms with E-state index in [4.69, 9.17) is 16.7 Å². The van der Waals surface area contributed by atoms with Crippen molar-refractivity contribution in [2.45, 2.75) is 61.8 Å². The van der Waals surface area contributed by atoms with Crippen LogP contribution >= 0.6 is 11.6 Å². The van der Waals surface area contributed by atoms with Gasteiger partial charge in [-0.15, -0.1) is 0 Å². The molecule has 0 atom stereocenters. The van der Waals surface area contributed by atoms with Crippen molar-refractivity contribution in [1.29, 1.82) is 0 Å². The first-order valence-electron chi connectivity index (χ1n) is 8.49. The van der Waals surface area contributed by atoms with E-state index < -0.39 is 21.5 Å². The summed E-state index contributed by atoms with van der Waals surface area (Å²) in [6.45, 7) is 0. The van der Waals surface area contributed by atoms with Crippen molar-refractivity contribution in [3.63, 3.8) is 0 Å². The molecule has 26 heavy (non-hydrogen) atoms. The van der Waals surface area contributed by atoms with E-state index in [1.165, 1.54) is 12.1 Å². The van der Waals surface area contributed by atoms with Gasteiger partial charge in [-0.05, 0) is 56.4 Å². The van der Waals surface area contributed by atoms with Crippen molar-refractivity contribution in [1.82, 2.24) is 4.72 Å². The Morgan fingerprint density at radius 1 is 1.15 bits per heavy atom. The normalized spacial score (nSPS) is 16.5. The van der Waals surface area contributed by atoms with Crippen LogP contribution in [0.3, 0.4) is 0 Å². The number of carboxylic acid groups (broad SMARTS) is 1. The number of allylic oxidation sites excluding steroid dienone is 2. The van der Waals surface area contributed by atoms with Gasteiger partial charge in [-0.1, -0.05) is 36.6 Å². The van der Waals surface area contributed by atoms with Crippen molar-refractivity contribution in [3.05, 3.63) is 41.4 Å². The molecule has 0 saturated heterocycles. The second-order valence-electron chi connectivity index (χ2n) is 6.49. The van der Waals surface area contributed by atoms with Gasteiger partial charge in [-0.3, -0.25) is 4.79 Å². The van der Waals surface area contributed by atoms with E-state index in [-0.39, 0.29) is 40.9 Å². The molecule has 2 N–H and O–H groups in total. The Morgan fingerprint density at radius 3 is 2.31 bits per heavy atom. The monoisotopic (exact) mass is 409 g/mol. The molecule has 1 saturated carbocycles. The van der Waals surface area contributed by atoms with Crippen LogP contribution in [0.5, 0.6) is 0 Å². The second-order valence-corrected chi connectivity index (χ2v) is 8.61. The summed E-state index contributed by atoms with van der Waals surface area (Å²) in [6.07, 6.45) is 9.50. The third-order valence-electron chi connectivity index (χ3n) is 4.52. The molecule has 0 heterocycles. The molecule has 1 aliphatic carbocycles. The number of nitrogens with one attached hydrogen (secondary N) is 1.